The second-order valence-corrected chi connectivity index (χ2v) is 9.81. The van der Waals surface area contributed by atoms with Gasteiger partial charge in [0.25, 0.3) is 0 Å². The van der Waals surface area contributed by atoms with Crippen molar-refractivity contribution in [3.8, 4) is 28.5 Å². The summed E-state index contributed by atoms with van der Waals surface area (Å²) in [7, 11) is 0. The van der Waals surface area contributed by atoms with Crippen LogP contribution in [-0.4, -0.2) is 56.0 Å². The maximum Gasteiger partial charge on any atom is 0.179 e. The molecule has 1 atom stereocenters. The van der Waals surface area contributed by atoms with Crippen LogP contribution in [0.5, 0.6) is 0 Å². The van der Waals surface area contributed by atoms with E-state index in [9.17, 15) is 10.4 Å². The van der Waals surface area contributed by atoms with E-state index in [1.807, 2.05) is 57.3 Å². The zero-order valence-electron chi connectivity index (χ0n) is 19.8. The average Bonchev–Trinajstić information content (AvgIpc) is 3.22. The number of nitriles is 1. The van der Waals surface area contributed by atoms with Crippen LogP contribution in [0.1, 0.15) is 25.1 Å². The van der Waals surface area contributed by atoms with Gasteiger partial charge in [-0.2, -0.15) is 10.4 Å². The molecule has 1 aliphatic heterocycles. The Morgan fingerprint density at radius 3 is 2.69 bits per heavy atom. The van der Waals surface area contributed by atoms with E-state index in [-0.39, 0.29) is 6.04 Å². The maximum absolute atomic E-state index is 10.7. The number of hydrogen-bond acceptors (Lipinski definition) is 7. The number of aryl methyl sites for hydroxylation is 1. The van der Waals surface area contributed by atoms with Gasteiger partial charge in [-0.25, -0.2) is 14.5 Å². The first-order valence-corrected chi connectivity index (χ1v) is 11.8. The van der Waals surface area contributed by atoms with Crippen molar-refractivity contribution in [2.75, 3.05) is 24.5 Å². The standard InChI is InChI=1S/C26H26ClN7O/c1-16-9-18(13-22(27)31-16)19-10-17(14-28)11-20(12-19)23-24(25-30-5-4-7-34(25)32-23)33-8-6-29-21(15-33)26(2,3)35/h4-5,7,9-13,21,29,35H,6,8,15H2,1-3H3/t21-/m1/s1. The Labute approximate surface area is 208 Å². The Hall–Kier alpha value is -3.51. The number of piperazine rings is 1. The highest BCUT2D eigenvalue weighted by Gasteiger charge is 2.33. The molecule has 1 aromatic carbocycles. The molecule has 4 aromatic rings. The number of aromatic nitrogens is 4. The predicted octanol–water partition coefficient (Wildman–Crippen LogP) is 3.84. The van der Waals surface area contributed by atoms with Crippen molar-refractivity contribution in [1.29, 1.82) is 5.26 Å². The summed E-state index contributed by atoms with van der Waals surface area (Å²) in [5.41, 5.74) is 5.32. The molecule has 0 saturated carbocycles. The molecule has 0 amide bonds. The Morgan fingerprint density at radius 2 is 1.94 bits per heavy atom. The molecule has 1 fully saturated rings. The fraction of sp³-hybridized carbons (Fsp3) is 0.308. The summed E-state index contributed by atoms with van der Waals surface area (Å²) in [6.45, 7) is 7.57. The number of nitrogens with zero attached hydrogens (tertiary/aromatic N) is 6. The lowest BCUT2D eigenvalue weighted by molar-refractivity contribution is 0.0364. The van der Waals surface area contributed by atoms with Gasteiger partial charge >= 0.3 is 0 Å². The average molecular weight is 488 g/mol. The van der Waals surface area contributed by atoms with Gasteiger partial charge in [-0.3, -0.25) is 0 Å². The van der Waals surface area contributed by atoms with Crippen molar-refractivity contribution in [1.82, 2.24) is 24.9 Å². The van der Waals surface area contributed by atoms with Crippen LogP contribution in [0.15, 0.2) is 48.8 Å². The number of nitrogens with one attached hydrogen (secondary N) is 1. The summed E-state index contributed by atoms with van der Waals surface area (Å²) in [5, 5.41) is 29.1. The third-order valence-electron chi connectivity index (χ3n) is 6.31. The highest BCUT2D eigenvalue weighted by Crippen LogP contribution is 2.37. The van der Waals surface area contributed by atoms with Crippen molar-refractivity contribution < 1.29 is 5.11 Å². The summed E-state index contributed by atoms with van der Waals surface area (Å²) >= 11 is 6.23. The molecule has 0 bridgehead atoms. The minimum absolute atomic E-state index is 0.120. The van der Waals surface area contributed by atoms with Crippen LogP contribution in [0, 0.1) is 18.3 Å². The zero-order chi connectivity index (χ0) is 24.7. The number of pyridine rings is 1. The first-order chi connectivity index (χ1) is 16.7. The van der Waals surface area contributed by atoms with Crippen LogP contribution in [0.25, 0.3) is 28.0 Å². The lowest BCUT2D eigenvalue weighted by atomic mass is 9.95. The molecule has 0 radical (unpaired) electrons. The quantitative estimate of drug-likeness (QED) is 0.421. The second-order valence-electron chi connectivity index (χ2n) is 9.42. The Bertz CT molecular complexity index is 1430. The van der Waals surface area contributed by atoms with Crippen LogP contribution >= 0.6 is 11.6 Å². The van der Waals surface area contributed by atoms with E-state index in [0.29, 0.717) is 17.3 Å². The van der Waals surface area contributed by atoms with Crippen molar-refractivity contribution in [2.24, 2.45) is 0 Å². The van der Waals surface area contributed by atoms with E-state index in [1.165, 1.54) is 0 Å². The Kier molecular flexibility index (Phi) is 5.93. The summed E-state index contributed by atoms with van der Waals surface area (Å²) < 4.78 is 1.76. The lowest BCUT2D eigenvalue weighted by Gasteiger charge is -2.40. The van der Waals surface area contributed by atoms with E-state index in [0.717, 1.165) is 52.5 Å². The molecular formula is C26H26ClN7O. The first-order valence-electron chi connectivity index (χ1n) is 11.5. The molecule has 3 aromatic heterocycles. The third-order valence-corrected chi connectivity index (χ3v) is 6.50. The molecule has 0 aliphatic carbocycles. The molecular weight excluding hydrogens is 462 g/mol. The Morgan fingerprint density at radius 1 is 1.17 bits per heavy atom. The second kappa shape index (κ2) is 8.93. The number of benzene rings is 1. The number of rotatable bonds is 4. The van der Waals surface area contributed by atoms with E-state index >= 15 is 0 Å². The SMILES string of the molecule is Cc1cc(-c2cc(C#N)cc(-c3nn4cccnc4c3N3CCN[C@@H](C(C)(C)O)C3)c2)cc(Cl)n1. The molecule has 0 spiro atoms. The molecule has 8 nitrogen and oxygen atoms in total. The highest BCUT2D eigenvalue weighted by atomic mass is 35.5. The van der Waals surface area contributed by atoms with E-state index in [1.54, 1.807) is 16.8 Å². The van der Waals surface area contributed by atoms with E-state index in [2.05, 4.69) is 26.3 Å². The number of hydrogen-bond donors (Lipinski definition) is 2. The molecule has 0 unspecified atom stereocenters. The zero-order valence-corrected chi connectivity index (χ0v) is 20.6. The van der Waals surface area contributed by atoms with Gasteiger partial charge in [0.2, 0.25) is 0 Å². The monoisotopic (exact) mass is 487 g/mol. The number of halogens is 1. The van der Waals surface area contributed by atoms with Crippen molar-refractivity contribution >= 4 is 22.9 Å². The van der Waals surface area contributed by atoms with Gasteiger partial charge in [0.1, 0.15) is 16.5 Å². The largest absolute Gasteiger partial charge is 0.389 e. The maximum atomic E-state index is 10.7. The minimum atomic E-state index is -0.887. The number of fused-ring (bicyclic) bond motifs is 1. The summed E-state index contributed by atoms with van der Waals surface area (Å²) in [5.74, 6) is 0. The highest BCUT2D eigenvalue weighted by molar-refractivity contribution is 6.29. The lowest BCUT2D eigenvalue weighted by Crippen LogP contribution is -2.59. The molecule has 4 heterocycles. The summed E-state index contributed by atoms with van der Waals surface area (Å²) in [6.07, 6.45) is 3.62. The fourth-order valence-electron chi connectivity index (χ4n) is 4.58. The predicted molar refractivity (Wildman–Crippen MR) is 136 cm³/mol. The third kappa shape index (κ3) is 4.58. The van der Waals surface area contributed by atoms with Gasteiger partial charge in [0.15, 0.2) is 5.65 Å². The van der Waals surface area contributed by atoms with E-state index in [4.69, 9.17) is 16.7 Å². The van der Waals surface area contributed by atoms with Crippen molar-refractivity contribution in [2.45, 2.75) is 32.4 Å². The van der Waals surface area contributed by atoms with Crippen molar-refractivity contribution in [3.05, 3.63) is 65.2 Å². The molecule has 2 N–H and O–H groups in total. The summed E-state index contributed by atoms with van der Waals surface area (Å²) in [6, 6.07) is 13.5. The molecule has 35 heavy (non-hydrogen) atoms. The minimum Gasteiger partial charge on any atom is -0.389 e. The van der Waals surface area contributed by atoms with Crippen LogP contribution in [-0.2, 0) is 0 Å². The normalized spacial score (nSPS) is 16.5. The smallest absolute Gasteiger partial charge is 0.179 e. The van der Waals surface area contributed by atoms with Crippen LogP contribution in [0.2, 0.25) is 5.15 Å². The number of aliphatic hydroxyl groups is 1. The molecule has 5 rings (SSSR count). The Balaban J connectivity index is 1.69. The molecule has 9 heteroatoms. The van der Waals surface area contributed by atoms with Gasteiger partial charge in [-0.05, 0) is 68.3 Å². The molecule has 178 valence electrons. The van der Waals surface area contributed by atoms with Crippen LogP contribution < -0.4 is 10.2 Å². The van der Waals surface area contributed by atoms with Gasteiger partial charge in [-0.15, -0.1) is 0 Å². The number of anilines is 1. The van der Waals surface area contributed by atoms with Crippen molar-refractivity contribution in [3.63, 3.8) is 0 Å². The van der Waals surface area contributed by atoms with Gasteiger partial charge in [0, 0.05) is 43.3 Å². The fourth-order valence-corrected chi connectivity index (χ4v) is 4.83. The van der Waals surface area contributed by atoms with Crippen LogP contribution in [0.4, 0.5) is 5.69 Å². The van der Waals surface area contributed by atoms with E-state index < -0.39 is 5.60 Å². The van der Waals surface area contributed by atoms with Gasteiger partial charge in [-0.1, -0.05) is 11.6 Å². The van der Waals surface area contributed by atoms with Crippen LogP contribution in [0.3, 0.4) is 0 Å². The van der Waals surface area contributed by atoms with Gasteiger partial charge in [0.05, 0.1) is 23.3 Å². The first kappa shape index (κ1) is 23.2. The summed E-state index contributed by atoms with van der Waals surface area (Å²) in [4.78, 5) is 11.1. The molecule has 1 aliphatic rings. The molecule has 1 saturated heterocycles. The van der Waals surface area contributed by atoms with Gasteiger partial charge < -0.3 is 15.3 Å². The topological polar surface area (TPSA) is 102 Å².